The standard InChI is InChI=1S/C13H10.C9H7.C5H5.2ClH.Hf/c1-3-7-12(8-4-1)11-13-9-5-2-6-10-13;1-2-5-9-7-3-6-8(9)4-1;1-2-4-5-3-1;;;/h1-10H;1-7H;1-3H,4H2;2*1H;/q;2*-1;;;+2/p-2. The summed E-state index contributed by atoms with van der Waals surface area (Å²) in [6.07, 6.45) is 10.0. The van der Waals surface area contributed by atoms with Gasteiger partial charge in [0, 0.05) is 0 Å². The predicted octanol–water partition coefficient (Wildman–Crippen LogP) is 0.675. The number of benzene rings is 3. The number of allylic oxidation sites excluding steroid dienone is 4. The van der Waals surface area contributed by atoms with Crippen molar-refractivity contribution in [3.63, 3.8) is 0 Å². The summed E-state index contributed by atoms with van der Waals surface area (Å²) in [4.78, 5) is 0. The molecule has 0 radical (unpaired) electrons. The second-order valence-corrected chi connectivity index (χ2v) is 8.06. The smallest absolute Gasteiger partial charge is 0.0809 e. The van der Waals surface area contributed by atoms with Gasteiger partial charge in [0.2, 0.25) is 0 Å². The van der Waals surface area contributed by atoms with Gasteiger partial charge in [-0.05, 0) is 0 Å². The fraction of sp³-hybridized carbons (Fsp3) is 0.0370. The van der Waals surface area contributed by atoms with Crippen LogP contribution in [-0.4, -0.2) is 3.26 Å². The van der Waals surface area contributed by atoms with E-state index in [1.807, 2.05) is 12.2 Å². The van der Waals surface area contributed by atoms with Crippen LogP contribution < -0.4 is 24.8 Å². The fourth-order valence-electron chi connectivity index (χ4n) is 2.79. The van der Waals surface area contributed by atoms with Crippen LogP contribution in [-0.2, 0) is 23.9 Å². The Morgan fingerprint density at radius 3 is 1.77 bits per heavy atom. The van der Waals surface area contributed by atoms with Crippen molar-refractivity contribution in [2.24, 2.45) is 0 Å². The van der Waals surface area contributed by atoms with Gasteiger partial charge in [0.25, 0.3) is 0 Å². The number of rotatable bonds is 2. The van der Waals surface area contributed by atoms with Crippen LogP contribution in [0.3, 0.4) is 0 Å². The summed E-state index contributed by atoms with van der Waals surface area (Å²) < 4.78 is 1.46. The van der Waals surface area contributed by atoms with Crippen LogP contribution in [0.1, 0.15) is 17.5 Å². The summed E-state index contributed by atoms with van der Waals surface area (Å²) in [6.45, 7) is 0. The van der Waals surface area contributed by atoms with Crippen LogP contribution in [0.15, 0.2) is 121 Å². The molecule has 4 aromatic carbocycles. The van der Waals surface area contributed by atoms with Crippen molar-refractivity contribution >= 4 is 14.0 Å². The molecule has 0 nitrogen and oxygen atoms in total. The van der Waals surface area contributed by atoms with E-state index in [0.717, 1.165) is 30.3 Å². The first-order chi connectivity index (χ1) is 13.8. The molecule has 0 amide bonds. The SMILES string of the molecule is [C-]1=CC=CC1.[Cl-].[Cl-].[Hf+2]=[C](c1ccccc1)c1ccccc1.c1ccc2[cH-]ccc2c1. The first-order valence-electron chi connectivity index (χ1n) is 9.36. The van der Waals surface area contributed by atoms with Gasteiger partial charge in [-0.2, -0.15) is 23.6 Å². The van der Waals surface area contributed by atoms with Crippen LogP contribution in [0.2, 0.25) is 0 Å². The molecule has 4 aromatic rings. The Hall–Kier alpha value is -1.93. The molecule has 1 aliphatic carbocycles. The van der Waals surface area contributed by atoms with E-state index in [4.69, 9.17) is 0 Å². The summed E-state index contributed by atoms with van der Waals surface area (Å²) in [6, 6.07) is 35.9. The van der Waals surface area contributed by atoms with E-state index in [2.05, 4.69) is 115 Å². The molecule has 0 spiro atoms. The van der Waals surface area contributed by atoms with Gasteiger partial charge in [0.15, 0.2) is 0 Å². The fourth-order valence-corrected chi connectivity index (χ4v) is 3.98. The molecule has 0 saturated carbocycles. The maximum atomic E-state index is 2.99. The first-order valence-corrected chi connectivity index (χ1v) is 11.2. The van der Waals surface area contributed by atoms with Gasteiger partial charge in [-0.3, -0.25) is 6.08 Å². The van der Waals surface area contributed by atoms with Gasteiger partial charge in [-0.1, -0.05) is 6.07 Å². The Morgan fingerprint density at radius 1 is 0.733 bits per heavy atom. The van der Waals surface area contributed by atoms with Crippen molar-refractivity contribution in [1.29, 1.82) is 0 Å². The molecule has 0 aromatic heterocycles. The molecule has 1 aliphatic rings. The Labute approximate surface area is 206 Å². The molecule has 0 N–H and O–H groups in total. The molecule has 3 heteroatoms. The zero-order valence-electron chi connectivity index (χ0n) is 16.5. The molecular formula is C27H22Cl2Hf-2. The monoisotopic (exact) mass is 596 g/mol. The van der Waals surface area contributed by atoms with Gasteiger partial charge in [-0.25, -0.2) is 12.2 Å². The van der Waals surface area contributed by atoms with Crippen LogP contribution in [0, 0.1) is 6.08 Å². The molecule has 0 fully saturated rings. The average Bonchev–Trinajstić information content (AvgIpc) is 3.50. The molecule has 0 saturated heterocycles. The van der Waals surface area contributed by atoms with Crippen molar-refractivity contribution in [2.45, 2.75) is 6.42 Å². The maximum Gasteiger partial charge on any atom is -0.0809 e. The third-order valence-electron chi connectivity index (χ3n) is 4.26. The molecule has 0 aliphatic heterocycles. The van der Waals surface area contributed by atoms with Crippen molar-refractivity contribution in [2.75, 3.05) is 0 Å². The molecule has 0 bridgehead atoms. The summed E-state index contributed by atoms with van der Waals surface area (Å²) in [5, 5.41) is 2.66. The minimum absolute atomic E-state index is 0. The summed E-state index contributed by atoms with van der Waals surface area (Å²) in [5.74, 6) is 0. The maximum absolute atomic E-state index is 2.99. The number of halogens is 2. The average molecular weight is 596 g/mol. The zero-order chi connectivity index (χ0) is 19.4. The van der Waals surface area contributed by atoms with Crippen molar-refractivity contribution in [3.05, 3.63) is 139 Å². The number of fused-ring (bicyclic) bond motifs is 1. The Bertz CT molecular complexity index is 966. The van der Waals surface area contributed by atoms with Crippen LogP contribution in [0.4, 0.5) is 0 Å². The first kappa shape index (κ1) is 26.1. The Balaban J connectivity index is 0.000000242. The van der Waals surface area contributed by atoms with Crippen molar-refractivity contribution < 1.29 is 48.7 Å². The number of hydrogen-bond acceptors (Lipinski definition) is 0. The van der Waals surface area contributed by atoms with Crippen molar-refractivity contribution in [3.8, 4) is 0 Å². The molecular weight excluding hydrogens is 574 g/mol. The largest absolute Gasteiger partial charge is 0.168 e. The molecule has 0 unspecified atom stereocenters. The minimum atomic E-state index is 0. The van der Waals surface area contributed by atoms with Gasteiger partial charge >= 0.3 is 98.9 Å². The Morgan fingerprint density at radius 2 is 1.30 bits per heavy atom. The van der Waals surface area contributed by atoms with Crippen LogP contribution in [0.5, 0.6) is 0 Å². The topological polar surface area (TPSA) is 0 Å². The van der Waals surface area contributed by atoms with E-state index in [0.29, 0.717) is 0 Å². The third-order valence-corrected chi connectivity index (χ3v) is 6.33. The molecule has 5 rings (SSSR count). The molecule has 150 valence electrons. The van der Waals surface area contributed by atoms with Crippen LogP contribution in [0.25, 0.3) is 10.8 Å². The summed E-state index contributed by atoms with van der Waals surface area (Å²) >= 11 is 1.08. The summed E-state index contributed by atoms with van der Waals surface area (Å²) in [7, 11) is 0. The van der Waals surface area contributed by atoms with Gasteiger partial charge in [0.1, 0.15) is 0 Å². The molecule has 0 atom stereocenters. The molecule has 30 heavy (non-hydrogen) atoms. The van der Waals surface area contributed by atoms with Crippen molar-refractivity contribution in [1.82, 2.24) is 0 Å². The predicted molar refractivity (Wildman–Crippen MR) is 117 cm³/mol. The van der Waals surface area contributed by atoms with Gasteiger partial charge in [-0.15, -0.1) is 36.1 Å². The van der Waals surface area contributed by atoms with Crippen LogP contribution >= 0.6 is 0 Å². The molecule has 0 heterocycles. The van der Waals surface area contributed by atoms with E-state index in [-0.39, 0.29) is 24.8 Å². The normalized spacial score (nSPS) is 10.6. The van der Waals surface area contributed by atoms with E-state index in [1.165, 1.54) is 25.2 Å². The third kappa shape index (κ3) is 8.44. The zero-order valence-corrected chi connectivity index (χ0v) is 21.6. The van der Waals surface area contributed by atoms with E-state index >= 15 is 0 Å². The minimum Gasteiger partial charge on any atom is -0.168 e. The number of hydrogen-bond donors (Lipinski definition) is 0. The van der Waals surface area contributed by atoms with E-state index in [9.17, 15) is 0 Å². The summed E-state index contributed by atoms with van der Waals surface area (Å²) in [5.41, 5.74) is 2.70. The Kier molecular flexibility index (Phi) is 13.0. The van der Waals surface area contributed by atoms with Gasteiger partial charge < -0.3 is 24.8 Å². The van der Waals surface area contributed by atoms with E-state index < -0.39 is 0 Å². The second-order valence-electron chi connectivity index (χ2n) is 6.26. The van der Waals surface area contributed by atoms with Gasteiger partial charge in [0.05, 0.1) is 0 Å². The second kappa shape index (κ2) is 15.0. The van der Waals surface area contributed by atoms with E-state index in [1.54, 1.807) is 0 Å². The quantitative estimate of drug-likeness (QED) is 0.236.